The number of rotatable bonds is 4. The zero-order valence-electron chi connectivity index (χ0n) is 14.5. The Kier molecular flexibility index (Phi) is 4.69. The van der Waals surface area contributed by atoms with Crippen LogP contribution < -0.4 is 5.32 Å². The minimum absolute atomic E-state index is 0.0185. The van der Waals surface area contributed by atoms with Crippen molar-refractivity contribution in [2.24, 2.45) is 0 Å². The van der Waals surface area contributed by atoms with Crippen LogP contribution in [0.25, 0.3) is 0 Å². The Balaban J connectivity index is 1.61. The number of aromatic nitrogens is 3. The van der Waals surface area contributed by atoms with Crippen molar-refractivity contribution >= 4 is 22.4 Å². The van der Waals surface area contributed by atoms with Crippen LogP contribution in [0.4, 0.5) is 5.13 Å². The summed E-state index contributed by atoms with van der Waals surface area (Å²) in [7, 11) is 0. The molecule has 0 saturated carbocycles. The molecule has 7 nitrogen and oxygen atoms in total. The molecule has 1 atom stereocenters. The SMILES string of the molecule is Cc1noc([C@H]2CCCN2CC(=O)Nc2nc(C(C)(C)C)cs2)n1. The molecule has 1 aliphatic rings. The molecule has 0 unspecified atom stereocenters. The number of aryl methyl sites for hydroxylation is 1. The number of amides is 1. The summed E-state index contributed by atoms with van der Waals surface area (Å²) in [4.78, 5) is 23.2. The quantitative estimate of drug-likeness (QED) is 0.913. The van der Waals surface area contributed by atoms with Gasteiger partial charge in [0, 0.05) is 10.8 Å². The molecular formula is C16H23N5O2S. The van der Waals surface area contributed by atoms with Crippen LogP contribution in [0.15, 0.2) is 9.90 Å². The molecule has 3 rings (SSSR count). The maximum atomic E-state index is 12.4. The van der Waals surface area contributed by atoms with Crippen molar-refractivity contribution in [3.63, 3.8) is 0 Å². The van der Waals surface area contributed by atoms with E-state index in [2.05, 4.69) is 46.1 Å². The summed E-state index contributed by atoms with van der Waals surface area (Å²) in [5.41, 5.74) is 0.971. The normalized spacial score (nSPS) is 18.9. The van der Waals surface area contributed by atoms with Crippen LogP contribution >= 0.6 is 11.3 Å². The number of hydrogen-bond acceptors (Lipinski definition) is 7. The third kappa shape index (κ3) is 3.81. The molecule has 2 aromatic heterocycles. The first-order chi connectivity index (χ1) is 11.3. The maximum absolute atomic E-state index is 12.4. The second kappa shape index (κ2) is 6.60. The van der Waals surface area contributed by atoms with Crippen molar-refractivity contribution in [2.75, 3.05) is 18.4 Å². The lowest BCUT2D eigenvalue weighted by Crippen LogP contribution is -2.33. The Bertz CT molecular complexity index is 718. The number of carbonyl (C=O) groups is 1. The number of nitrogens with one attached hydrogen (secondary N) is 1. The van der Waals surface area contributed by atoms with Crippen molar-refractivity contribution in [1.82, 2.24) is 20.0 Å². The number of likely N-dealkylation sites (tertiary alicyclic amines) is 1. The van der Waals surface area contributed by atoms with Gasteiger partial charge < -0.3 is 9.84 Å². The molecule has 2 aromatic rings. The first kappa shape index (κ1) is 17.0. The highest BCUT2D eigenvalue weighted by Gasteiger charge is 2.31. The van der Waals surface area contributed by atoms with Crippen molar-refractivity contribution in [3.8, 4) is 0 Å². The lowest BCUT2D eigenvalue weighted by molar-refractivity contribution is -0.117. The van der Waals surface area contributed by atoms with E-state index in [-0.39, 0.29) is 17.4 Å². The highest BCUT2D eigenvalue weighted by Crippen LogP contribution is 2.31. The number of nitrogens with zero attached hydrogens (tertiary/aromatic N) is 4. The molecule has 1 N–H and O–H groups in total. The van der Waals surface area contributed by atoms with Crippen molar-refractivity contribution in [2.45, 2.75) is 52.0 Å². The molecule has 8 heteroatoms. The maximum Gasteiger partial charge on any atom is 0.243 e. The largest absolute Gasteiger partial charge is 0.338 e. The Morgan fingerprint density at radius 2 is 2.25 bits per heavy atom. The van der Waals surface area contributed by atoms with E-state index in [0.717, 1.165) is 25.1 Å². The van der Waals surface area contributed by atoms with E-state index in [4.69, 9.17) is 4.52 Å². The second-order valence-electron chi connectivity index (χ2n) is 7.14. The van der Waals surface area contributed by atoms with Crippen LogP contribution in [0.3, 0.4) is 0 Å². The van der Waals surface area contributed by atoms with Crippen LogP contribution in [0, 0.1) is 6.92 Å². The van der Waals surface area contributed by atoms with Gasteiger partial charge in [-0.05, 0) is 26.3 Å². The molecule has 1 saturated heterocycles. The Morgan fingerprint density at radius 3 is 2.88 bits per heavy atom. The van der Waals surface area contributed by atoms with Gasteiger partial charge in [-0.1, -0.05) is 25.9 Å². The van der Waals surface area contributed by atoms with Crippen LogP contribution in [0.5, 0.6) is 0 Å². The van der Waals surface area contributed by atoms with Crippen LogP contribution in [-0.4, -0.2) is 39.0 Å². The first-order valence-electron chi connectivity index (χ1n) is 8.13. The van der Waals surface area contributed by atoms with Crippen LogP contribution in [0.2, 0.25) is 0 Å². The van der Waals surface area contributed by atoms with E-state index < -0.39 is 0 Å². The van der Waals surface area contributed by atoms with Crippen molar-refractivity contribution in [1.29, 1.82) is 0 Å². The molecule has 0 radical (unpaired) electrons. The highest BCUT2D eigenvalue weighted by molar-refractivity contribution is 7.13. The molecule has 0 bridgehead atoms. The van der Waals surface area contributed by atoms with Crippen LogP contribution in [0.1, 0.15) is 57.1 Å². The molecule has 1 aliphatic heterocycles. The standard InChI is InChI=1S/C16H23N5O2S/c1-10-17-14(23-20-10)11-6-5-7-21(11)8-13(22)19-15-18-12(9-24-15)16(2,3)4/h9,11H,5-8H2,1-4H3,(H,18,19,22)/t11-/m1/s1. The van der Waals surface area contributed by atoms with Gasteiger partial charge >= 0.3 is 0 Å². The molecular weight excluding hydrogens is 326 g/mol. The van der Waals surface area contributed by atoms with Gasteiger partial charge in [0.2, 0.25) is 11.8 Å². The van der Waals surface area contributed by atoms with Gasteiger partial charge in [0.05, 0.1) is 18.3 Å². The molecule has 0 aromatic carbocycles. The Labute approximate surface area is 145 Å². The van der Waals surface area contributed by atoms with Gasteiger partial charge in [0.1, 0.15) is 0 Å². The van der Waals surface area contributed by atoms with E-state index >= 15 is 0 Å². The molecule has 0 aliphatic carbocycles. The fourth-order valence-corrected chi connectivity index (χ4v) is 3.72. The van der Waals surface area contributed by atoms with E-state index in [1.807, 2.05) is 5.38 Å². The molecule has 3 heterocycles. The molecule has 1 amide bonds. The van der Waals surface area contributed by atoms with Crippen LogP contribution in [-0.2, 0) is 10.2 Å². The number of hydrogen-bond donors (Lipinski definition) is 1. The molecule has 0 spiro atoms. The van der Waals surface area contributed by atoms with Gasteiger partial charge in [0.15, 0.2) is 11.0 Å². The fourth-order valence-electron chi connectivity index (χ4n) is 2.76. The van der Waals surface area contributed by atoms with Gasteiger partial charge in [-0.25, -0.2) is 4.98 Å². The molecule has 1 fully saturated rings. The van der Waals surface area contributed by atoms with Crippen molar-refractivity contribution < 1.29 is 9.32 Å². The first-order valence-corrected chi connectivity index (χ1v) is 9.01. The highest BCUT2D eigenvalue weighted by atomic mass is 32.1. The van der Waals surface area contributed by atoms with E-state index in [0.29, 0.717) is 23.4 Å². The summed E-state index contributed by atoms with van der Waals surface area (Å²) in [5.74, 6) is 1.16. The smallest absolute Gasteiger partial charge is 0.243 e. The number of carbonyl (C=O) groups excluding carboxylic acids is 1. The summed E-state index contributed by atoms with van der Waals surface area (Å²) < 4.78 is 5.27. The Hall–Kier alpha value is -1.80. The molecule has 130 valence electrons. The average Bonchev–Trinajstić information content (AvgIpc) is 3.18. The van der Waals surface area contributed by atoms with Gasteiger partial charge in [0.25, 0.3) is 0 Å². The van der Waals surface area contributed by atoms with E-state index in [1.165, 1.54) is 11.3 Å². The minimum Gasteiger partial charge on any atom is -0.338 e. The summed E-state index contributed by atoms with van der Waals surface area (Å²) in [6, 6.07) is 0.0263. The monoisotopic (exact) mass is 349 g/mol. The summed E-state index contributed by atoms with van der Waals surface area (Å²) in [6.45, 7) is 9.27. The lowest BCUT2D eigenvalue weighted by atomic mass is 9.93. The lowest BCUT2D eigenvalue weighted by Gasteiger charge is -2.20. The van der Waals surface area contributed by atoms with Gasteiger partial charge in [-0.15, -0.1) is 11.3 Å². The summed E-state index contributed by atoms with van der Waals surface area (Å²) in [5, 5.41) is 9.39. The van der Waals surface area contributed by atoms with Crippen molar-refractivity contribution in [3.05, 3.63) is 22.8 Å². The average molecular weight is 349 g/mol. The molecule has 24 heavy (non-hydrogen) atoms. The van der Waals surface area contributed by atoms with E-state index in [9.17, 15) is 4.79 Å². The van der Waals surface area contributed by atoms with Gasteiger partial charge in [-0.2, -0.15) is 4.98 Å². The Morgan fingerprint density at radius 1 is 1.46 bits per heavy atom. The number of thiazole rings is 1. The topological polar surface area (TPSA) is 84.2 Å². The third-order valence-electron chi connectivity index (χ3n) is 4.06. The summed E-state index contributed by atoms with van der Waals surface area (Å²) >= 11 is 1.46. The zero-order valence-corrected chi connectivity index (χ0v) is 15.3. The fraction of sp³-hybridized carbons (Fsp3) is 0.625. The van der Waals surface area contributed by atoms with E-state index in [1.54, 1.807) is 6.92 Å². The predicted octanol–water partition coefficient (Wildman–Crippen LogP) is 2.91. The minimum atomic E-state index is -0.0621. The zero-order chi connectivity index (χ0) is 17.3. The third-order valence-corrected chi connectivity index (χ3v) is 4.82. The predicted molar refractivity (Wildman–Crippen MR) is 92.0 cm³/mol. The summed E-state index contributed by atoms with van der Waals surface area (Å²) in [6.07, 6.45) is 1.95. The number of anilines is 1. The van der Waals surface area contributed by atoms with Gasteiger partial charge in [-0.3, -0.25) is 9.69 Å². The second-order valence-corrected chi connectivity index (χ2v) is 8.00.